The van der Waals surface area contributed by atoms with Gasteiger partial charge in [-0.2, -0.15) is 13.2 Å². The number of carbonyl (C=O) groups is 2. The molecular weight excluding hydrogens is 353 g/mol. The molecule has 0 unspecified atom stereocenters. The van der Waals surface area contributed by atoms with E-state index in [0.717, 1.165) is 17.0 Å². The average molecular weight is 367 g/mol. The van der Waals surface area contributed by atoms with E-state index in [0.29, 0.717) is 0 Å². The lowest BCUT2D eigenvalue weighted by molar-refractivity contribution is -0.138. The van der Waals surface area contributed by atoms with Crippen LogP contribution in [-0.2, 0) is 11.0 Å². The van der Waals surface area contributed by atoms with E-state index >= 15 is 0 Å². The second kappa shape index (κ2) is 6.46. The van der Waals surface area contributed by atoms with E-state index in [2.05, 4.69) is 15.9 Å². The Kier molecular flexibility index (Phi) is 5.38. The number of hydrogen-bond acceptors (Lipinski definition) is 2. The van der Waals surface area contributed by atoms with E-state index in [9.17, 15) is 22.8 Å². The fourth-order valence-electron chi connectivity index (χ4n) is 1.75. The fourth-order valence-corrected chi connectivity index (χ4v) is 2.11. The summed E-state index contributed by atoms with van der Waals surface area (Å²) >= 11 is 2.95. The van der Waals surface area contributed by atoms with Crippen molar-refractivity contribution in [3.8, 4) is 0 Å². The van der Waals surface area contributed by atoms with Crippen molar-refractivity contribution in [2.24, 2.45) is 5.73 Å². The summed E-state index contributed by atoms with van der Waals surface area (Å²) in [5.74, 6) is -1.67. The SMILES string of the molecule is CC(C)N(CC(N)=O)C(=O)c1ccc(Br)cc1C(F)(F)F. The molecule has 1 aromatic rings. The molecule has 0 atom stereocenters. The number of nitrogens with two attached hydrogens (primary N) is 1. The number of amides is 2. The molecule has 1 rings (SSSR count). The standard InChI is InChI=1S/C13H14BrF3N2O2/c1-7(2)19(6-11(18)20)12(21)9-4-3-8(14)5-10(9)13(15,16)17/h3-5,7H,6H2,1-2H3,(H2,18,20). The molecule has 4 nitrogen and oxygen atoms in total. The highest BCUT2D eigenvalue weighted by Gasteiger charge is 2.37. The van der Waals surface area contributed by atoms with Crippen LogP contribution in [0.2, 0.25) is 0 Å². The summed E-state index contributed by atoms with van der Waals surface area (Å²) in [5, 5.41) is 0. The van der Waals surface area contributed by atoms with Gasteiger partial charge in [0, 0.05) is 10.5 Å². The molecule has 0 aliphatic heterocycles. The van der Waals surface area contributed by atoms with Crippen molar-refractivity contribution >= 4 is 27.7 Å². The summed E-state index contributed by atoms with van der Waals surface area (Å²) in [6, 6.07) is 2.78. The average Bonchev–Trinajstić information content (AvgIpc) is 2.33. The molecule has 0 heterocycles. The molecule has 116 valence electrons. The van der Waals surface area contributed by atoms with E-state index in [1.807, 2.05) is 0 Å². The number of primary amides is 1. The van der Waals surface area contributed by atoms with E-state index < -0.39 is 41.7 Å². The predicted molar refractivity (Wildman–Crippen MR) is 74.5 cm³/mol. The lowest BCUT2D eigenvalue weighted by Gasteiger charge is -2.26. The first-order chi connectivity index (χ1) is 9.54. The van der Waals surface area contributed by atoms with Crippen molar-refractivity contribution in [2.45, 2.75) is 26.1 Å². The Morgan fingerprint density at radius 2 is 1.90 bits per heavy atom. The van der Waals surface area contributed by atoms with Gasteiger partial charge in [0.25, 0.3) is 5.91 Å². The lowest BCUT2D eigenvalue weighted by atomic mass is 10.0. The molecule has 0 bridgehead atoms. The third-order valence-corrected chi connectivity index (χ3v) is 3.22. The van der Waals surface area contributed by atoms with Crippen LogP contribution in [0, 0.1) is 0 Å². The highest BCUT2D eigenvalue weighted by molar-refractivity contribution is 9.10. The number of halogens is 4. The van der Waals surface area contributed by atoms with Crippen molar-refractivity contribution in [3.05, 3.63) is 33.8 Å². The molecule has 0 saturated carbocycles. The van der Waals surface area contributed by atoms with Gasteiger partial charge in [0.05, 0.1) is 17.7 Å². The zero-order chi connectivity index (χ0) is 16.4. The summed E-state index contributed by atoms with van der Waals surface area (Å²) in [6.45, 7) is 2.74. The third kappa shape index (κ3) is 4.45. The molecule has 8 heteroatoms. The maximum Gasteiger partial charge on any atom is 0.417 e. The molecule has 0 aliphatic rings. The van der Waals surface area contributed by atoms with Gasteiger partial charge in [0.1, 0.15) is 0 Å². The minimum atomic E-state index is -4.68. The molecule has 2 N–H and O–H groups in total. The minimum absolute atomic E-state index is 0.206. The largest absolute Gasteiger partial charge is 0.417 e. The van der Waals surface area contributed by atoms with Crippen molar-refractivity contribution in [1.82, 2.24) is 4.90 Å². The Balaban J connectivity index is 3.31. The van der Waals surface area contributed by atoms with Crippen molar-refractivity contribution in [1.29, 1.82) is 0 Å². The summed E-state index contributed by atoms with van der Waals surface area (Å²) in [7, 11) is 0. The Morgan fingerprint density at radius 3 is 2.33 bits per heavy atom. The van der Waals surface area contributed by atoms with Crippen LogP contribution < -0.4 is 5.73 Å². The monoisotopic (exact) mass is 366 g/mol. The molecule has 0 radical (unpaired) electrons. The zero-order valence-corrected chi connectivity index (χ0v) is 13.0. The molecule has 0 spiro atoms. The Morgan fingerprint density at radius 1 is 1.33 bits per heavy atom. The van der Waals surface area contributed by atoms with Gasteiger partial charge in [-0.15, -0.1) is 0 Å². The second-order valence-electron chi connectivity index (χ2n) is 4.68. The van der Waals surface area contributed by atoms with Gasteiger partial charge in [-0.1, -0.05) is 15.9 Å². The van der Waals surface area contributed by atoms with Crippen molar-refractivity contribution < 1.29 is 22.8 Å². The molecule has 0 aliphatic carbocycles. The first kappa shape index (κ1) is 17.5. The minimum Gasteiger partial charge on any atom is -0.368 e. The van der Waals surface area contributed by atoms with Crippen LogP contribution in [0.1, 0.15) is 29.8 Å². The first-order valence-corrected chi connectivity index (χ1v) is 6.79. The molecular formula is C13H14BrF3N2O2. The van der Waals surface area contributed by atoms with Crippen LogP contribution in [-0.4, -0.2) is 29.3 Å². The third-order valence-electron chi connectivity index (χ3n) is 2.73. The van der Waals surface area contributed by atoms with Gasteiger partial charge in [-0.3, -0.25) is 9.59 Å². The van der Waals surface area contributed by atoms with Gasteiger partial charge in [-0.05, 0) is 32.0 Å². The predicted octanol–water partition coefficient (Wildman–Crippen LogP) is 2.80. The molecule has 1 aromatic carbocycles. The topological polar surface area (TPSA) is 63.4 Å². The first-order valence-electron chi connectivity index (χ1n) is 6.00. The van der Waals surface area contributed by atoms with Gasteiger partial charge >= 0.3 is 6.18 Å². The highest BCUT2D eigenvalue weighted by atomic mass is 79.9. The molecule has 21 heavy (non-hydrogen) atoms. The van der Waals surface area contributed by atoms with Gasteiger partial charge in [-0.25, -0.2) is 0 Å². The Hall–Kier alpha value is -1.57. The Bertz CT molecular complexity index is 559. The van der Waals surface area contributed by atoms with Gasteiger partial charge < -0.3 is 10.6 Å². The van der Waals surface area contributed by atoms with E-state index in [4.69, 9.17) is 5.73 Å². The number of alkyl halides is 3. The summed E-state index contributed by atoms with van der Waals surface area (Å²) in [5.41, 5.74) is 3.46. The van der Waals surface area contributed by atoms with Crippen LogP contribution in [0.25, 0.3) is 0 Å². The molecule has 0 fully saturated rings. The second-order valence-corrected chi connectivity index (χ2v) is 5.60. The van der Waals surface area contributed by atoms with Crippen LogP contribution >= 0.6 is 15.9 Å². The maximum atomic E-state index is 13.0. The number of hydrogen-bond donors (Lipinski definition) is 1. The van der Waals surface area contributed by atoms with Gasteiger partial charge in [0.2, 0.25) is 5.91 Å². The van der Waals surface area contributed by atoms with Crippen LogP contribution in [0.4, 0.5) is 13.2 Å². The zero-order valence-electron chi connectivity index (χ0n) is 11.4. The number of benzene rings is 1. The number of carbonyl (C=O) groups excluding carboxylic acids is 2. The quantitative estimate of drug-likeness (QED) is 0.890. The highest BCUT2D eigenvalue weighted by Crippen LogP contribution is 2.34. The summed E-state index contributed by atoms with van der Waals surface area (Å²) in [4.78, 5) is 24.3. The molecule has 2 amide bonds. The van der Waals surface area contributed by atoms with E-state index in [1.54, 1.807) is 13.8 Å². The van der Waals surface area contributed by atoms with Crippen LogP contribution in [0.3, 0.4) is 0 Å². The molecule has 0 aromatic heterocycles. The van der Waals surface area contributed by atoms with E-state index in [1.165, 1.54) is 6.07 Å². The van der Waals surface area contributed by atoms with Crippen LogP contribution in [0.15, 0.2) is 22.7 Å². The summed E-state index contributed by atoms with van der Waals surface area (Å²) < 4.78 is 39.3. The smallest absolute Gasteiger partial charge is 0.368 e. The number of rotatable bonds is 4. The lowest BCUT2D eigenvalue weighted by Crippen LogP contribution is -2.43. The normalized spacial score (nSPS) is 11.6. The van der Waals surface area contributed by atoms with Crippen molar-refractivity contribution in [3.63, 3.8) is 0 Å². The maximum absolute atomic E-state index is 13.0. The van der Waals surface area contributed by atoms with Crippen LogP contribution in [0.5, 0.6) is 0 Å². The van der Waals surface area contributed by atoms with E-state index in [-0.39, 0.29) is 4.47 Å². The fraction of sp³-hybridized carbons (Fsp3) is 0.385. The van der Waals surface area contributed by atoms with Crippen molar-refractivity contribution in [2.75, 3.05) is 6.54 Å². The number of nitrogens with zero attached hydrogens (tertiary/aromatic N) is 1. The Labute approximate surface area is 128 Å². The molecule has 0 saturated heterocycles. The summed E-state index contributed by atoms with van der Waals surface area (Å²) in [6.07, 6.45) is -4.68. The van der Waals surface area contributed by atoms with Gasteiger partial charge in [0.15, 0.2) is 0 Å².